The van der Waals surface area contributed by atoms with Crippen LogP contribution in [0.4, 0.5) is 11.4 Å². The summed E-state index contributed by atoms with van der Waals surface area (Å²) in [4.78, 5) is 26.0. The van der Waals surface area contributed by atoms with E-state index in [4.69, 9.17) is 4.74 Å². The Morgan fingerprint density at radius 3 is 2.64 bits per heavy atom. The predicted octanol–water partition coefficient (Wildman–Crippen LogP) is 3.20. The SMILES string of the molecule is Cc1cc2c(cc1C)N(C(=O)CCOCc1ccccc1)CC(=O)N2. The number of rotatable bonds is 5. The average Bonchev–Trinajstić information content (AvgIpc) is 2.60. The summed E-state index contributed by atoms with van der Waals surface area (Å²) in [5.41, 5.74) is 4.70. The normalized spacial score (nSPS) is 13.4. The molecule has 1 heterocycles. The maximum Gasteiger partial charge on any atom is 0.244 e. The Kier molecular flexibility index (Phi) is 5.14. The van der Waals surface area contributed by atoms with Crippen LogP contribution in [-0.4, -0.2) is 25.0 Å². The molecule has 5 heteroatoms. The number of nitrogens with one attached hydrogen (secondary N) is 1. The van der Waals surface area contributed by atoms with Crippen molar-refractivity contribution < 1.29 is 14.3 Å². The molecule has 1 aliphatic heterocycles. The highest BCUT2D eigenvalue weighted by molar-refractivity contribution is 6.10. The largest absolute Gasteiger partial charge is 0.376 e. The van der Waals surface area contributed by atoms with Crippen molar-refractivity contribution in [2.45, 2.75) is 26.9 Å². The summed E-state index contributed by atoms with van der Waals surface area (Å²) in [6.07, 6.45) is 0.243. The van der Waals surface area contributed by atoms with Gasteiger partial charge >= 0.3 is 0 Å². The summed E-state index contributed by atoms with van der Waals surface area (Å²) in [6, 6.07) is 13.7. The molecule has 2 aromatic rings. The van der Waals surface area contributed by atoms with Crippen molar-refractivity contribution in [2.24, 2.45) is 0 Å². The van der Waals surface area contributed by atoms with Crippen molar-refractivity contribution >= 4 is 23.2 Å². The lowest BCUT2D eigenvalue weighted by atomic mass is 10.0. The van der Waals surface area contributed by atoms with E-state index in [9.17, 15) is 9.59 Å². The fourth-order valence-electron chi connectivity index (χ4n) is 2.82. The second-order valence-corrected chi connectivity index (χ2v) is 6.27. The van der Waals surface area contributed by atoms with Crippen molar-refractivity contribution in [1.29, 1.82) is 0 Å². The standard InChI is InChI=1S/C20H22N2O3/c1-14-10-17-18(11-15(14)2)22(12-19(23)21-17)20(24)8-9-25-13-16-6-4-3-5-7-16/h3-7,10-11H,8-9,12-13H2,1-2H3,(H,21,23). The summed E-state index contributed by atoms with van der Waals surface area (Å²) >= 11 is 0. The quantitative estimate of drug-likeness (QED) is 0.852. The van der Waals surface area contributed by atoms with Crippen LogP contribution in [0.25, 0.3) is 0 Å². The molecule has 0 saturated heterocycles. The molecule has 0 spiro atoms. The molecule has 25 heavy (non-hydrogen) atoms. The minimum atomic E-state index is -0.172. The van der Waals surface area contributed by atoms with E-state index < -0.39 is 0 Å². The number of anilines is 2. The molecular weight excluding hydrogens is 316 g/mol. The van der Waals surface area contributed by atoms with Crippen molar-refractivity contribution in [3.63, 3.8) is 0 Å². The van der Waals surface area contributed by atoms with E-state index in [1.54, 1.807) is 4.90 Å². The van der Waals surface area contributed by atoms with Crippen molar-refractivity contribution in [3.8, 4) is 0 Å². The lowest BCUT2D eigenvalue weighted by Gasteiger charge is -2.30. The molecule has 0 saturated carbocycles. The van der Waals surface area contributed by atoms with Crippen LogP contribution in [0.5, 0.6) is 0 Å². The van der Waals surface area contributed by atoms with E-state index in [1.165, 1.54) is 0 Å². The Hall–Kier alpha value is -2.66. The number of amides is 2. The highest BCUT2D eigenvalue weighted by Gasteiger charge is 2.27. The molecule has 5 nitrogen and oxygen atoms in total. The number of hydrogen-bond donors (Lipinski definition) is 1. The molecule has 1 aliphatic rings. The molecule has 0 aromatic heterocycles. The van der Waals surface area contributed by atoms with Crippen LogP contribution < -0.4 is 10.2 Å². The van der Waals surface area contributed by atoms with E-state index in [0.29, 0.717) is 18.9 Å². The fraction of sp³-hybridized carbons (Fsp3) is 0.300. The Morgan fingerprint density at radius 1 is 1.16 bits per heavy atom. The van der Waals surface area contributed by atoms with Gasteiger partial charge in [-0.05, 0) is 42.7 Å². The minimum Gasteiger partial charge on any atom is -0.376 e. The molecule has 0 bridgehead atoms. The van der Waals surface area contributed by atoms with Gasteiger partial charge in [-0.3, -0.25) is 9.59 Å². The number of carbonyl (C=O) groups is 2. The third-order valence-electron chi connectivity index (χ3n) is 4.35. The van der Waals surface area contributed by atoms with E-state index in [2.05, 4.69) is 5.32 Å². The van der Waals surface area contributed by atoms with E-state index in [1.807, 2.05) is 56.3 Å². The van der Waals surface area contributed by atoms with Crippen molar-refractivity contribution in [1.82, 2.24) is 0 Å². The van der Waals surface area contributed by atoms with Gasteiger partial charge in [0.2, 0.25) is 11.8 Å². The number of ether oxygens (including phenoxy) is 1. The Labute approximate surface area is 147 Å². The highest BCUT2D eigenvalue weighted by atomic mass is 16.5. The number of aryl methyl sites for hydroxylation is 2. The molecule has 3 rings (SSSR count). The van der Waals surface area contributed by atoms with Crippen LogP contribution in [0.15, 0.2) is 42.5 Å². The zero-order valence-corrected chi connectivity index (χ0v) is 14.5. The van der Waals surface area contributed by atoms with Gasteiger partial charge in [0.1, 0.15) is 6.54 Å². The van der Waals surface area contributed by atoms with Crippen LogP contribution in [-0.2, 0) is 20.9 Å². The number of carbonyl (C=O) groups excluding carboxylic acids is 2. The van der Waals surface area contributed by atoms with Gasteiger partial charge in [0, 0.05) is 0 Å². The fourth-order valence-corrected chi connectivity index (χ4v) is 2.82. The molecule has 1 N–H and O–H groups in total. The maximum absolute atomic E-state index is 12.6. The first-order chi connectivity index (χ1) is 12.0. The molecule has 130 valence electrons. The van der Waals surface area contributed by atoms with Crippen LogP contribution in [0.3, 0.4) is 0 Å². The molecule has 2 amide bonds. The number of nitrogens with zero attached hydrogens (tertiary/aromatic N) is 1. The lowest BCUT2D eigenvalue weighted by molar-refractivity contribution is -0.122. The summed E-state index contributed by atoms with van der Waals surface area (Å²) in [5.74, 6) is -0.276. The molecular formula is C20H22N2O3. The first-order valence-corrected chi connectivity index (χ1v) is 8.38. The average molecular weight is 338 g/mol. The monoisotopic (exact) mass is 338 g/mol. The molecule has 0 unspecified atom stereocenters. The van der Waals surface area contributed by atoms with Gasteiger partial charge in [0.25, 0.3) is 0 Å². The number of hydrogen-bond acceptors (Lipinski definition) is 3. The zero-order chi connectivity index (χ0) is 17.8. The summed E-state index contributed by atoms with van der Waals surface area (Å²) in [7, 11) is 0. The third-order valence-corrected chi connectivity index (χ3v) is 4.35. The van der Waals surface area contributed by atoms with Gasteiger partial charge in [0.15, 0.2) is 0 Å². The highest BCUT2D eigenvalue weighted by Crippen LogP contribution is 2.32. The summed E-state index contributed by atoms with van der Waals surface area (Å²) < 4.78 is 5.59. The molecule has 0 atom stereocenters. The van der Waals surface area contributed by atoms with Gasteiger partial charge in [0.05, 0.1) is 31.0 Å². The smallest absolute Gasteiger partial charge is 0.244 e. The summed E-state index contributed by atoms with van der Waals surface area (Å²) in [5, 5.41) is 2.84. The van der Waals surface area contributed by atoms with Gasteiger partial charge < -0.3 is 15.0 Å². The third kappa shape index (κ3) is 4.06. The van der Waals surface area contributed by atoms with Gasteiger partial charge in [-0.2, -0.15) is 0 Å². The molecule has 0 aliphatic carbocycles. The zero-order valence-electron chi connectivity index (χ0n) is 14.5. The van der Waals surface area contributed by atoms with Gasteiger partial charge in [-0.1, -0.05) is 30.3 Å². The minimum absolute atomic E-state index is 0.0486. The topological polar surface area (TPSA) is 58.6 Å². The Balaban J connectivity index is 1.62. The van der Waals surface area contributed by atoms with E-state index >= 15 is 0 Å². The first kappa shape index (κ1) is 17.2. The number of fused-ring (bicyclic) bond motifs is 1. The van der Waals surface area contributed by atoms with Crippen LogP contribution >= 0.6 is 0 Å². The van der Waals surface area contributed by atoms with Gasteiger partial charge in [-0.25, -0.2) is 0 Å². The van der Waals surface area contributed by atoms with Crippen LogP contribution in [0, 0.1) is 13.8 Å². The van der Waals surface area contributed by atoms with Gasteiger partial charge in [-0.15, -0.1) is 0 Å². The molecule has 0 fully saturated rings. The Morgan fingerprint density at radius 2 is 1.88 bits per heavy atom. The molecule has 2 aromatic carbocycles. The van der Waals surface area contributed by atoms with Crippen molar-refractivity contribution in [2.75, 3.05) is 23.4 Å². The van der Waals surface area contributed by atoms with Crippen LogP contribution in [0.2, 0.25) is 0 Å². The lowest BCUT2D eigenvalue weighted by Crippen LogP contribution is -2.42. The Bertz CT molecular complexity index is 787. The maximum atomic E-state index is 12.6. The predicted molar refractivity (Wildman–Crippen MR) is 97.6 cm³/mol. The first-order valence-electron chi connectivity index (χ1n) is 8.38. The number of benzene rings is 2. The second-order valence-electron chi connectivity index (χ2n) is 6.27. The molecule has 0 radical (unpaired) electrons. The summed E-state index contributed by atoms with van der Waals surface area (Å²) in [6.45, 7) is 4.83. The van der Waals surface area contributed by atoms with E-state index in [0.717, 1.165) is 22.4 Å². The van der Waals surface area contributed by atoms with E-state index in [-0.39, 0.29) is 24.8 Å². The second kappa shape index (κ2) is 7.49. The van der Waals surface area contributed by atoms with Crippen LogP contribution in [0.1, 0.15) is 23.1 Å². The van der Waals surface area contributed by atoms with Crippen molar-refractivity contribution in [3.05, 3.63) is 59.2 Å².